The topological polar surface area (TPSA) is 54.9 Å². The third kappa shape index (κ3) is 4.45. The maximum atomic E-state index is 13.6. The van der Waals surface area contributed by atoms with Crippen LogP contribution in [0.4, 0.5) is 4.39 Å². The third-order valence-electron chi connectivity index (χ3n) is 3.68. The minimum absolute atomic E-state index is 0. The van der Waals surface area contributed by atoms with Gasteiger partial charge >= 0.3 is 0 Å². The van der Waals surface area contributed by atoms with E-state index in [0.717, 1.165) is 29.5 Å². The van der Waals surface area contributed by atoms with E-state index < -0.39 is 0 Å². The van der Waals surface area contributed by atoms with E-state index in [9.17, 15) is 4.39 Å². The Bertz CT molecular complexity index is 550. The van der Waals surface area contributed by atoms with Crippen LogP contribution in [0.25, 0.3) is 0 Å². The zero-order valence-electron chi connectivity index (χ0n) is 12.5. The van der Waals surface area contributed by atoms with E-state index in [-0.39, 0.29) is 36.6 Å². The number of fused-ring (bicyclic) bond motifs is 1. The van der Waals surface area contributed by atoms with Crippen LogP contribution in [0.15, 0.2) is 17.1 Å². The highest BCUT2D eigenvalue weighted by atomic mass is 127. The molecule has 0 radical (unpaired) electrons. The van der Waals surface area contributed by atoms with Crippen molar-refractivity contribution in [1.82, 2.24) is 10.6 Å². The minimum atomic E-state index is -0.277. The summed E-state index contributed by atoms with van der Waals surface area (Å²) in [4.78, 5) is 4.17. The van der Waals surface area contributed by atoms with E-state index in [1.54, 1.807) is 7.05 Å². The quantitative estimate of drug-likeness (QED) is 0.446. The fourth-order valence-corrected chi connectivity index (χ4v) is 2.35. The molecule has 0 amide bonds. The molecule has 1 aliphatic carbocycles. The van der Waals surface area contributed by atoms with Gasteiger partial charge in [0, 0.05) is 31.3 Å². The Morgan fingerprint density at radius 1 is 1.36 bits per heavy atom. The summed E-state index contributed by atoms with van der Waals surface area (Å²) in [6, 6.07) is 2.95. The van der Waals surface area contributed by atoms with Crippen LogP contribution in [0, 0.1) is 11.7 Å². The summed E-state index contributed by atoms with van der Waals surface area (Å²) in [7, 11) is 1.73. The molecule has 0 aromatic heterocycles. The molecule has 122 valence electrons. The molecule has 5 nitrogen and oxygen atoms in total. The maximum Gasteiger partial charge on any atom is 0.191 e. The number of aliphatic imine (C=N–C) groups is 1. The van der Waals surface area contributed by atoms with Crippen LogP contribution in [0.1, 0.15) is 24.0 Å². The second-order valence-electron chi connectivity index (χ2n) is 5.41. The molecular formula is C15H21FIN3O2. The standard InChI is InChI=1S/C15H20FN3O2.HI/c1-17-15(18-6-10-2-3-10)19-7-11-4-13(16)5-12-8-20-9-21-14(11)12;/h4-5,10H,2-3,6-9H2,1H3,(H2,17,18,19);1H. The van der Waals surface area contributed by atoms with Gasteiger partial charge in [0.15, 0.2) is 12.8 Å². The first-order chi connectivity index (χ1) is 10.3. The molecule has 3 rings (SSSR count). The Labute approximate surface area is 146 Å². The number of guanidine groups is 1. The Kier molecular flexibility index (Phi) is 6.25. The second-order valence-corrected chi connectivity index (χ2v) is 5.41. The average molecular weight is 421 g/mol. The molecule has 1 fully saturated rings. The SMILES string of the molecule is CN=C(NCc1cc(F)cc2c1OCOC2)NCC1CC1.I. The van der Waals surface area contributed by atoms with E-state index in [4.69, 9.17) is 9.47 Å². The van der Waals surface area contributed by atoms with Crippen molar-refractivity contribution in [3.63, 3.8) is 0 Å². The molecule has 2 aliphatic rings. The molecule has 0 spiro atoms. The lowest BCUT2D eigenvalue weighted by molar-refractivity contribution is -0.0172. The fourth-order valence-electron chi connectivity index (χ4n) is 2.35. The van der Waals surface area contributed by atoms with Crippen LogP contribution in [0.5, 0.6) is 5.75 Å². The Hall–Kier alpha value is -1.09. The van der Waals surface area contributed by atoms with Crippen molar-refractivity contribution in [2.45, 2.75) is 26.0 Å². The number of nitrogens with one attached hydrogen (secondary N) is 2. The lowest BCUT2D eigenvalue weighted by atomic mass is 10.1. The lowest BCUT2D eigenvalue weighted by Crippen LogP contribution is -2.38. The highest BCUT2D eigenvalue weighted by Crippen LogP contribution is 2.29. The van der Waals surface area contributed by atoms with Gasteiger partial charge in [-0.2, -0.15) is 0 Å². The van der Waals surface area contributed by atoms with Gasteiger partial charge in [0.2, 0.25) is 0 Å². The predicted octanol–water partition coefficient (Wildman–Crippen LogP) is 2.39. The van der Waals surface area contributed by atoms with Gasteiger partial charge in [0.05, 0.1) is 6.61 Å². The van der Waals surface area contributed by atoms with Crippen molar-refractivity contribution >= 4 is 29.9 Å². The third-order valence-corrected chi connectivity index (χ3v) is 3.68. The van der Waals surface area contributed by atoms with E-state index in [0.29, 0.717) is 18.9 Å². The Morgan fingerprint density at radius 2 is 2.18 bits per heavy atom. The van der Waals surface area contributed by atoms with Crippen LogP contribution in [-0.4, -0.2) is 26.3 Å². The average Bonchev–Trinajstić information content (AvgIpc) is 3.31. The molecule has 7 heteroatoms. The lowest BCUT2D eigenvalue weighted by Gasteiger charge is -2.21. The zero-order valence-corrected chi connectivity index (χ0v) is 14.9. The van der Waals surface area contributed by atoms with Crippen LogP contribution in [0.3, 0.4) is 0 Å². The van der Waals surface area contributed by atoms with Crippen LogP contribution in [0.2, 0.25) is 0 Å². The summed E-state index contributed by atoms with van der Waals surface area (Å²) in [5.41, 5.74) is 1.53. The number of hydrogen-bond donors (Lipinski definition) is 2. The Morgan fingerprint density at radius 3 is 2.91 bits per heavy atom. The number of benzene rings is 1. The Balaban J connectivity index is 0.00000176. The second kappa shape index (κ2) is 7.96. The van der Waals surface area contributed by atoms with Crippen molar-refractivity contribution in [3.05, 3.63) is 29.1 Å². The van der Waals surface area contributed by atoms with E-state index in [2.05, 4.69) is 15.6 Å². The molecule has 2 N–H and O–H groups in total. The minimum Gasteiger partial charge on any atom is -0.467 e. The number of rotatable bonds is 4. The first-order valence-corrected chi connectivity index (χ1v) is 7.22. The molecule has 0 saturated heterocycles. The zero-order chi connectivity index (χ0) is 14.7. The molecule has 22 heavy (non-hydrogen) atoms. The molecular weight excluding hydrogens is 400 g/mol. The molecule has 0 unspecified atom stereocenters. The number of hydrogen-bond acceptors (Lipinski definition) is 3. The first kappa shape index (κ1) is 17.3. The van der Waals surface area contributed by atoms with Gasteiger partial charge < -0.3 is 20.1 Å². The maximum absolute atomic E-state index is 13.6. The molecule has 1 aliphatic heterocycles. The van der Waals surface area contributed by atoms with Gasteiger partial charge in [-0.25, -0.2) is 4.39 Å². The monoisotopic (exact) mass is 421 g/mol. The molecule has 1 saturated carbocycles. The van der Waals surface area contributed by atoms with Crippen LogP contribution >= 0.6 is 24.0 Å². The number of halogens is 2. The van der Waals surface area contributed by atoms with Gasteiger partial charge in [-0.05, 0) is 30.9 Å². The smallest absolute Gasteiger partial charge is 0.191 e. The van der Waals surface area contributed by atoms with Gasteiger partial charge in [-0.1, -0.05) is 0 Å². The van der Waals surface area contributed by atoms with E-state index in [1.165, 1.54) is 25.0 Å². The van der Waals surface area contributed by atoms with Crippen LogP contribution in [-0.2, 0) is 17.9 Å². The summed E-state index contributed by atoms with van der Waals surface area (Å²) in [6.07, 6.45) is 2.57. The van der Waals surface area contributed by atoms with Gasteiger partial charge in [-0.15, -0.1) is 24.0 Å². The van der Waals surface area contributed by atoms with Crippen molar-refractivity contribution in [2.24, 2.45) is 10.9 Å². The summed E-state index contributed by atoms with van der Waals surface area (Å²) < 4.78 is 24.3. The predicted molar refractivity (Wildman–Crippen MR) is 93.0 cm³/mol. The number of ether oxygens (including phenoxy) is 2. The van der Waals surface area contributed by atoms with Gasteiger partial charge in [0.25, 0.3) is 0 Å². The van der Waals surface area contributed by atoms with E-state index >= 15 is 0 Å². The molecule has 0 bridgehead atoms. The van der Waals surface area contributed by atoms with Crippen molar-refractivity contribution < 1.29 is 13.9 Å². The molecule has 0 atom stereocenters. The number of nitrogens with zero attached hydrogens (tertiary/aromatic N) is 1. The van der Waals surface area contributed by atoms with E-state index in [1.807, 2.05) is 0 Å². The van der Waals surface area contributed by atoms with Gasteiger partial charge in [-0.3, -0.25) is 4.99 Å². The summed E-state index contributed by atoms with van der Waals surface area (Å²) in [6.45, 7) is 1.99. The van der Waals surface area contributed by atoms with Crippen molar-refractivity contribution in [1.29, 1.82) is 0 Å². The van der Waals surface area contributed by atoms with Crippen LogP contribution < -0.4 is 15.4 Å². The van der Waals surface area contributed by atoms with Crippen molar-refractivity contribution in [3.8, 4) is 5.75 Å². The summed E-state index contributed by atoms with van der Waals surface area (Å²) in [5.74, 6) is 1.94. The van der Waals surface area contributed by atoms with Gasteiger partial charge in [0.1, 0.15) is 11.6 Å². The summed E-state index contributed by atoms with van der Waals surface area (Å²) in [5, 5.41) is 6.47. The molecule has 1 heterocycles. The molecule has 1 aromatic rings. The first-order valence-electron chi connectivity index (χ1n) is 7.22. The molecule has 1 aromatic carbocycles. The normalized spacial score (nSPS) is 17.1. The highest BCUT2D eigenvalue weighted by molar-refractivity contribution is 14.0. The highest BCUT2D eigenvalue weighted by Gasteiger charge is 2.21. The largest absolute Gasteiger partial charge is 0.467 e. The van der Waals surface area contributed by atoms with Crippen molar-refractivity contribution in [2.75, 3.05) is 20.4 Å². The summed E-state index contributed by atoms with van der Waals surface area (Å²) >= 11 is 0. The fraction of sp³-hybridized carbons (Fsp3) is 0.533.